The number of Topliss-reactive ketones (excluding diaryl/α,β-unsaturated/α-hetero) is 1. The van der Waals surface area contributed by atoms with Crippen molar-refractivity contribution in [2.24, 2.45) is 0 Å². The molecule has 0 aliphatic carbocycles. The van der Waals surface area contributed by atoms with Crippen LogP contribution in [0.15, 0.2) is 65.6 Å². The SMILES string of the molecule is CCOc1ccc(N2C(=O)C(=O)/C(=C(\O)c3cc(OC)ccc3OC)C2c2cccs2)cc1. The van der Waals surface area contributed by atoms with E-state index in [9.17, 15) is 14.7 Å². The predicted molar refractivity (Wildman–Crippen MR) is 126 cm³/mol. The van der Waals surface area contributed by atoms with Crippen LogP contribution in [0.25, 0.3) is 5.76 Å². The van der Waals surface area contributed by atoms with Crippen molar-refractivity contribution < 1.29 is 28.9 Å². The number of nitrogens with zero attached hydrogens (tertiary/aromatic N) is 1. The van der Waals surface area contributed by atoms with Crippen molar-refractivity contribution in [2.45, 2.75) is 13.0 Å². The minimum atomic E-state index is -0.793. The fraction of sp³-hybridized carbons (Fsp3) is 0.200. The lowest BCUT2D eigenvalue weighted by molar-refractivity contribution is -0.132. The minimum Gasteiger partial charge on any atom is -0.507 e. The summed E-state index contributed by atoms with van der Waals surface area (Å²) >= 11 is 1.40. The second kappa shape index (κ2) is 9.38. The summed E-state index contributed by atoms with van der Waals surface area (Å²) in [5, 5.41) is 13.2. The molecule has 0 radical (unpaired) electrons. The van der Waals surface area contributed by atoms with Gasteiger partial charge in [-0.1, -0.05) is 6.07 Å². The third-order valence-corrected chi connectivity index (χ3v) is 6.27. The normalized spacial score (nSPS) is 17.3. The molecule has 1 saturated heterocycles. The van der Waals surface area contributed by atoms with Gasteiger partial charge in [0.25, 0.3) is 11.7 Å². The third kappa shape index (κ3) is 4.05. The lowest BCUT2D eigenvalue weighted by atomic mass is 9.99. The molecular formula is C25H23NO6S. The molecule has 1 amide bonds. The molecule has 2 aromatic carbocycles. The molecule has 2 heterocycles. The molecule has 1 atom stereocenters. The summed E-state index contributed by atoms with van der Waals surface area (Å²) in [6.45, 7) is 2.40. The Morgan fingerprint density at radius 1 is 1.03 bits per heavy atom. The molecule has 7 nitrogen and oxygen atoms in total. The summed E-state index contributed by atoms with van der Waals surface area (Å²) in [4.78, 5) is 28.6. The van der Waals surface area contributed by atoms with Crippen LogP contribution in [0.4, 0.5) is 5.69 Å². The van der Waals surface area contributed by atoms with Gasteiger partial charge >= 0.3 is 0 Å². The summed E-state index contributed by atoms with van der Waals surface area (Å²) in [7, 11) is 2.97. The van der Waals surface area contributed by atoms with Crippen LogP contribution in [0.3, 0.4) is 0 Å². The number of benzene rings is 2. The van der Waals surface area contributed by atoms with E-state index in [0.717, 1.165) is 4.88 Å². The molecule has 170 valence electrons. The Morgan fingerprint density at radius 3 is 2.36 bits per heavy atom. The van der Waals surface area contributed by atoms with Gasteiger partial charge in [0.1, 0.15) is 29.0 Å². The molecular weight excluding hydrogens is 442 g/mol. The van der Waals surface area contributed by atoms with E-state index < -0.39 is 17.7 Å². The van der Waals surface area contributed by atoms with Crippen LogP contribution in [-0.4, -0.2) is 37.6 Å². The molecule has 0 bridgehead atoms. The average molecular weight is 466 g/mol. The highest BCUT2D eigenvalue weighted by molar-refractivity contribution is 7.10. The number of anilines is 1. The Balaban J connectivity index is 1.90. The Kier molecular flexibility index (Phi) is 6.37. The Labute approximate surface area is 195 Å². The predicted octanol–water partition coefficient (Wildman–Crippen LogP) is 4.79. The van der Waals surface area contributed by atoms with Crippen molar-refractivity contribution in [3.05, 3.63) is 76.0 Å². The maximum Gasteiger partial charge on any atom is 0.300 e. The number of aliphatic hydroxyl groups is 1. The summed E-state index contributed by atoms with van der Waals surface area (Å²) in [6, 6.07) is 14.7. The topological polar surface area (TPSA) is 85.3 Å². The number of thiophene rings is 1. The molecule has 4 rings (SSSR count). The zero-order valence-corrected chi connectivity index (χ0v) is 19.2. The fourth-order valence-electron chi connectivity index (χ4n) is 3.83. The number of carbonyl (C=O) groups is 2. The number of carbonyl (C=O) groups excluding carboxylic acids is 2. The van der Waals surface area contributed by atoms with Gasteiger partial charge in [-0.25, -0.2) is 0 Å². The molecule has 8 heteroatoms. The highest BCUT2D eigenvalue weighted by Crippen LogP contribution is 2.45. The van der Waals surface area contributed by atoms with Crippen LogP contribution < -0.4 is 19.1 Å². The number of ketones is 1. The molecule has 1 unspecified atom stereocenters. The van der Waals surface area contributed by atoms with Crippen molar-refractivity contribution in [1.29, 1.82) is 0 Å². The number of ether oxygens (including phenoxy) is 3. The summed E-state index contributed by atoms with van der Waals surface area (Å²) in [5.74, 6) is -0.329. The number of hydrogen-bond donors (Lipinski definition) is 1. The second-order valence-electron chi connectivity index (χ2n) is 7.18. The molecule has 0 spiro atoms. The quantitative estimate of drug-likeness (QED) is 0.307. The monoisotopic (exact) mass is 465 g/mol. The van der Waals surface area contributed by atoms with Gasteiger partial charge in [0.05, 0.1) is 32.0 Å². The highest BCUT2D eigenvalue weighted by atomic mass is 32.1. The average Bonchev–Trinajstić information content (AvgIpc) is 3.46. The number of methoxy groups -OCH3 is 2. The van der Waals surface area contributed by atoms with E-state index >= 15 is 0 Å². The van der Waals surface area contributed by atoms with Crippen LogP contribution in [0.1, 0.15) is 23.4 Å². The standard InChI is InChI=1S/C25H23NO6S/c1-4-32-16-9-7-15(8-10-16)26-22(20-6-5-13-33-20)21(24(28)25(26)29)23(27)18-14-17(30-2)11-12-19(18)31-3/h5-14,22,27H,4H2,1-3H3/b23-21-. The van der Waals surface area contributed by atoms with Gasteiger partial charge in [-0.3, -0.25) is 14.5 Å². The summed E-state index contributed by atoms with van der Waals surface area (Å²) < 4.78 is 16.2. The van der Waals surface area contributed by atoms with E-state index in [1.54, 1.807) is 42.5 Å². The van der Waals surface area contributed by atoms with E-state index in [1.165, 1.54) is 30.5 Å². The van der Waals surface area contributed by atoms with E-state index in [2.05, 4.69) is 0 Å². The molecule has 1 aliphatic rings. The molecule has 0 saturated carbocycles. The van der Waals surface area contributed by atoms with Crippen molar-refractivity contribution in [1.82, 2.24) is 0 Å². The van der Waals surface area contributed by atoms with Gasteiger partial charge in [-0.05, 0) is 60.8 Å². The highest BCUT2D eigenvalue weighted by Gasteiger charge is 2.47. The zero-order chi connectivity index (χ0) is 23.5. The summed E-state index contributed by atoms with van der Waals surface area (Å²) in [5.41, 5.74) is 0.779. The van der Waals surface area contributed by atoms with Crippen molar-refractivity contribution >= 4 is 34.5 Å². The van der Waals surface area contributed by atoms with Gasteiger partial charge in [-0.2, -0.15) is 0 Å². The Morgan fingerprint density at radius 2 is 1.76 bits per heavy atom. The number of aliphatic hydroxyl groups excluding tert-OH is 1. The maximum atomic E-state index is 13.2. The van der Waals surface area contributed by atoms with Gasteiger partial charge in [0, 0.05) is 10.6 Å². The first kappa shape index (κ1) is 22.4. The molecule has 3 aromatic rings. The Hall–Kier alpha value is -3.78. The second-order valence-corrected chi connectivity index (χ2v) is 8.16. The lowest BCUT2D eigenvalue weighted by Crippen LogP contribution is -2.29. The molecule has 1 aromatic heterocycles. The van der Waals surface area contributed by atoms with Gasteiger partial charge in [0.15, 0.2) is 0 Å². The van der Waals surface area contributed by atoms with E-state index in [4.69, 9.17) is 14.2 Å². The lowest BCUT2D eigenvalue weighted by Gasteiger charge is -2.24. The molecule has 1 fully saturated rings. The van der Waals surface area contributed by atoms with Crippen LogP contribution in [-0.2, 0) is 9.59 Å². The van der Waals surface area contributed by atoms with E-state index in [0.29, 0.717) is 29.5 Å². The fourth-order valence-corrected chi connectivity index (χ4v) is 4.65. The summed E-state index contributed by atoms with van der Waals surface area (Å²) in [6.07, 6.45) is 0. The van der Waals surface area contributed by atoms with Gasteiger partial charge in [0.2, 0.25) is 0 Å². The van der Waals surface area contributed by atoms with Gasteiger partial charge < -0.3 is 19.3 Å². The van der Waals surface area contributed by atoms with Crippen LogP contribution in [0.5, 0.6) is 17.2 Å². The Bertz CT molecular complexity index is 1200. The number of amides is 1. The molecule has 1 N–H and O–H groups in total. The largest absolute Gasteiger partial charge is 0.507 e. The van der Waals surface area contributed by atoms with Crippen LogP contribution in [0.2, 0.25) is 0 Å². The van der Waals surface area contributed by atoms with Crippen molar-refractivity contribution in [2.75, 3.05) is 25.7 Å². The first-order chi connectivity index (χ1) is 16.0. The third-order valence-electron chi connectivity index (χ3n) is 5.34. The van der Waals surface area contributed by atoms with Crippen LogP contribution in [0, 0.1) is 0 Å². The molecule has 1 aliphatic heterocycles. The van der Waals surface area contributed by atoms with Gasteiger partial charge in [-0.15, -0.1) is 11.3 Å². The van der Waals surface area contributed by atoms with Crippen molar-refractivity contribution in [3.8, 4) is 17.2 Å². The van der Waals surface area contributed by atoms with E-state index in [-0.39, 0.29) is 16.9 Å². The number of rotatable bonds is 7. The van der Waals surface area contributed by atoms with Crippen molar-refractivity contribution in [3.63, 3.8) is 0 Å². The van der Waals surface area contributed by atoms with Crippen LogP contribution >= 0.6 is 11.3 Å². The zero-order valence-electron chi connectivity index (χ0n) is 18.4. The smallest absolute Gasteiger partial charge is 0.300 e. The maximum absolute atomic E-state index is 13.2. The first-order valence-electron chi connectivity index (χ1n) is 10.3. The molecule has 33 heavy (non-hydrogen) atoms. The first-order valence-corrected chi connectivity index (χ1v) is 11.2. The number of hydrogen-bond acceptors (Lipinski definition) is 7. The minimum absolute atomic E-state index is 0.0112. The van der Waals surface area contributed by atoms with E-state index in [1.807, 2.05) is 24.4 Å².